The van der Waals surface area contributed by atoms with Crippen LogP contribution in [0.2, 0.25) is 0 Å². The lowest BCUT2D eigenvalue weighted by atomic mass is 9.67. The van der Waals surface area contributed by atoms with E-state index in [9.17, 15) is 0 Å². The van der Waals surface area contributed by atoms with E-state index in [1.54, 1.807) is 0 Å². The van der Waals surface area contributed by atoms with Gasteiger partial charge in [-0.3, -0.25) is 0 Å². The fourth-order valence-electron chi connectivity index (χ4n) is 7.75. The molecule has 0 radical (unpaired) electrons. The summed E-state index contributed by atoms with van der Waals surface area (Å²) in [5.74, 6) is 0. The number of hydrogen-bond acceptors (Lipinski definition) is 1. The predicted molar refractivity (Wildman–Crippen MR) is 188 cm³/mol. The minimum absolute atomic E-state index is 0.457. The van der Waals surface area contributed by atoms with Gasteiger partial charge >= 0.3 is 0 Å². The van der Waals surface area contributed by atoms with Gasteiger partial charge in [0.1, 0.15) is 0 Å². The summed E-state index contributed by atoms with van der Waals surface area (Å²) in [6.45, 7) is 0. The topological polar surface area (TPSA) is 30.9 Å². The van der Waals surface area contributed by atoms with Crippen LogP contribution >= 0.6 is 0 Å². The van der Waals surface area contributed by atoms with E-state index in [0.29, 0.717) is 0 Å². The third-order valence-corrected chi connectivity index (χ3v) is 9.65. The Labute approximate surface area is 262 Å². The minimum Gasteiger partial charge on any atom is -0.398 e. The molecule has 9 rings (SSSR count). The molecular weight excluding hydrogens is 544 g/mol. The largest absolute Gasteiger partial charge is 0.398 e. The highest BCUT2D eigenvalue weighted by molar-refractivity contribution is 6.09. The van der Waals surface area contributed by atoms with Crippen LogP contribution in [0.3, 0.4) is 0 Å². The molecule has 0 saturated carbocycles. The lowest BCUT2D eigenvalue weighted by Gasteiger charge is -2.34. The smallest absolute Gasteiger partial charge is 0.0714 e. The number of nitrogen functional groups attached to an aromatic ring is 1. The number of benzene rings is 7. The van der Waals surface area contributed by atoms with E-state index in [1.807, 2.05) is 0 Å². The van der Waals surface area contributed by atoms with Crippen LogP contribution in [0.4, 0.5) is 5.69 Å². The quantitative estimate of drug-likeness (QED) is 0.208. The SMILES string of the molecule is Nc1cc2c(cc1-c1ccc(-n3c4ccccc4c4ccccc43)cc1)-c1ccccc1C2(c1ccccc1)c1ccccc1. The maximum Gasteiger partial charge on any atom is 0.0714 e. The number of fused-ring (bicyclic) bond motifs is 6. The van der Waals surface area contributed by atoms with Crippen LogP contribution in [-0.2, 0) is 5.41 Å². The molecule has 2 heteroatoms. The van der Waals surface area contributed by atoms with Crippen molar-refractivity contribution in [3.8, 4) is 27.9 Å². The van der Waals surface area contributed by atoms with Gasteiger partial charge in [-0.25, -0.2) is 0 Å². The summed E-state index contributed by atoms with van der Waals surface area (Å²) in [6, 6.07) is 61.2. The van der Waals surface area contributed by atoms with Crippen LogP contribution in [0.1, 0.15) is 22.3 Å². The summed E-state index contributed by atoms with van der Waals surface area (Å²) in [5.41, 5.74) is 20.5. The summed E-state index contributed by atoms with van der Waals surface area (Å²) in [7, 11) is 0. The Bertz CT molecular complexity index is 2270. The first-order valence-corrected chi connectivity index (χ1v) is 15.5. The molecule has 0 atom stereocenters. The predicted octanol–water partition coefficient (Wildman–Crippen LogP) is 10.4. The molecule has 1 aromatic heterocycles. The number of aromatic nitrogens is 1. The van der Waals surface area contributed by atoms with Gasteiger partial charge < -0.3 is 10.3 Å². The summed E-state index contributed by atoms with van der Waals surface area (Å²) in [5, 5.41) is 2.53. The van der Waals surface area contributed by atoms with Crippen LogP contribution < -0.4 is 5.73 Å². The van der Waals surface area contributed by atoms with E-state index in [-0.39, 0.29) is 0 Å². The number of anilines is 1. The molecule has 0 saturated heterocycles. The van der Waals surface area contributed by atoms with Crippen molar-refractivity contribution in [3.05, 3.63) is 192 Å². The van der Waals surface area contributed by atoms with E-state index in [2.05, 4.69) is 174 Å². The Morgan fingerprint density at radius 2 is 0.956 bits per heavy atom. The standard InChI is InChI=1S/C43H30N2/c44-40-28-39-37(33-17-7-10-20-38(33)43(39,30-13-3-1-4-14-30)31-15-5-2-6-16-31)27-36(40)29-23-25-32(26-24-29)45-41-21-11-8-18-34(41)35-19-9-12-22-42(35)45/h1-28H,44H2. The average molecular weight is 575 g/mol. The Hall–Kier alpha value is -5.86. The summed E-state index contributed by atoms with van der Waals surface area (Å²) in [4.78, 5) is 0. The lowest BCUT2D eigenvalue weighted by molar-refractivity contribution is 0.769. The Balaban J connectivity index is 1.23. The number of para-hydroxylation sites is 2. The number of nitrogens with two attached hydrogens (primary N) is 1. The third kappa shape index (κ3) is 3.63. The van der Waals surface area contributed by atoms with Gasteiger partial charge in [0.05, 0.1) is 16.4 Å². The summed E-state index contributed by atoms with van der Waals surface area (Å²) in [6.07, 6.45) is 0. The van der Waals surface area contributed by atoms with E-state index >= 15 is 0 Å². The van der Waals surface area contributed by atoms with Crippen molar-refractivity contribution in [1.82, 2.24) is 4.57 Å². The monoisotopic (exact) mass is 574 g/mol. The molecule has 7 aromatic carbocycles. The molecule has 45 heavy (non-hydrogen) atoms. The van der Waals surface area contributed by atoms with Gasteiger partial charge in [-0.15, -0.1) is 0 Å². The first-order chi connectivity index (χ1) is 22.2. The average Bonchev–Trinajstić information content (AvgIpc) is 3.59. The highest BCUT2D eigenvalue weighted by atomic mass is 15.0. The lowest BCUT2D eigenvalue weighted by Crippen LogP contribution is -2.28. The zero-order chi connectivity index (χ0) is 30.0. The molecule has 2 N–H and O–H groups in total. The zero-order valence-electron chi connectivity index (χ0n) is 24.7. The second kappa shape index (κ2) is 9.83. The Morgan fingerprint density at radius 1 is 0.422 bits per heavy atom. The van der Waals surface area contributed by atoms with E-state index in [0.717, 1.165) is 22.5 Å². The van der Waals surface area contributed by atoms with Gasteiger partial charge in [0, 0.05) is 27.7 Å². The van der Waals surface area contributed by atoms with Crippen LogP contribution in [-0.4, -0.2) is 4.57 Å². The normalized spacial score (nSPS) is 13.2. The molecule has 0 unspecified atom stereocenters. The molecular formula is C43H30N2. The number of rotatable bonds is 4. The van der Waals surface area contributed by atoms with Crippen molar-refractivity contribution in [2.45, 2.75) is 5.41 Å². The molecule has 0 spiro atoms. The molecule has 2 nitrogen and oxygen atoms in total. The molecule has 0 amide bonds. The maximum absolute atomic E-state index is 7.01. The molecule has 0 aliphatic heterocycles. The highest BCUT2D eigenvalue weighted by Crippen LogP contribution is 2.57. The van der Waals surface area contributed by atoms with Gasteiger partial charge in [0.25, 0.3) is 0 Å². The van der Waals surface area contributed by atoms with Crippen LogP contribution in [0.15, 0.2) is 170 Å². The van der Waals surface area contributed by atoms with Crippen molar-refractivity contribution in [2.24, 2.45) is 0 Å². The van der Waals surface area contributed by atoms with Crippen LogP contribution in [0.5, 0.6) is 0 Å². The number of hydrogen-bond donors (Lipinski definition) is 1. The Kier molecular flexibility index (Phi) is 5.60. The van der Waals surface area contributed by atoms with Crippen molar-refractivity contribution in [2.75, 3.05) is 5.73 Å². The van der Waals surface area contributed by atoms with E-state index in [4.69, 9.17) is 5.73 Å². The van der Waals surface area contributed by atoms with Crippen molar-refractivity contribution >= 4 is 27.5 Å². The van der Waals surface area contributed by atoms with Crippen LogP contribution in [0, 0.1) is 0 Å². The fraction of sp³-hybridized carbons (Fsp3) is 0.0233. The van der Waals surface area contributed by atoms with Gasteiger partial charge in [-0.05, 0) is 75.3 Å². The Morgan fingerprint density at radius 3 is 1.58 bits per heavy atom. The van der Waals surface area contributed by atoms with E-state index in [1.165, 1.54) is 55.2 Å². The van der Waals surface area contributed by atoms with Gasteiger partial charge in [0.2, 0.25) is 0 Å². The minimum atomic E-state index is -0.457. The van der Waals surface area contributed by atoms with Crippen molar-refractivity contribution < 1.29 is 0 Å². The first kappa shape index (κ1) is 25.6. The van der Waals surface area contributed by atoms with Gasteiger partial charge in [0.15, 0.2) is 0 Å². The second-order valence-corrected chi connectivity index (χ2v) is 11.9. The second-order valence-electron chi connectivity index (χ2n) is 11.9. The molecule has 8 aromatic rings. The molecule has 0 fully saturated rings. The van der Waals surface area contributed by atoms with Gasteiger partial charge in [-0.1, -0.05) is 133 Å². The molecule has 1 heterocycles. The maximum atomic E-state index is 7.01. The van der Waals surface area contributed by atoms with Crippen molar-refractivity contribution in [3.63, 3.8) is 0 Å². The third-order valence-electron chi connectivity index (χ3n) is 9.65. The first-order valence-electron chi connectivity index (χ1n) is 15.5. The fourth-order valence-corrected chi connectivity index (χ4v) is 7.75. The van der Waals surface area contributed by atoms with Crippen LogP contribution in [0.25, 0.3) is 49.7 Å². The summed E-state index contributed by atoms with van der Waals surface area (Å²) < 4.78 is 2.35. The molecule has 1 aliphatic carbocycles. The molecule has 0 bridgehead atoms. The van der Waals surface area contributed by atoms with E-state index < -0.39 is 5.41 Å². The summed E-state index contributed by atoms with van der Waals surface area (Å²) >= 11 is 0. The highest BCUT2D eigenvalue weighted by Gasteiger charge is 2.46. The molecule has 1 aliphatic rings. The number of nitrogens with zero attached hydrogens (tertiary/aromatic N) is 1. The van der Waals surface area contributed by atoms with Crippen molar-refractivity contribution in [1.29, 1.82) is 0 Å². The van der Waals surface area contributed by atoms with Gasteiger partial charge in [-0.2, -0.15) is 0 Å². The molecule has 212 valence electrons. The zero-order valence-corrected chi connectivity index (χ0v) is 24.7.